The maximum atomic E-state index is 11.2. The van der Waals surface area contributed by atoms with E-state index in [9.17, 15) is 23.8 Å². The summed E-state index contributed by atoms with van der Waals surface area (Å²) in [5.74, 6) is 0.176. The van der Waals surface area contributed by atoms with Gasteiger partial charge in [0, 0.05) is 0 Å². The molecule has 0 heterocycles. The average molecular weight is 407 g/mol. The summed E-state index contributed by atoms with van der Waals surface area (Å²) in [5, 5.41) is 0. The standard InChI is InChI=1S/C17H32O7P2/c1-14(2)8-6-9-16(5)10-7-11-17(15(3)4)12-13-23-26(21,22)24-25(18,19)20/h8,10,12,15H,6-7,9,11,13H2,1-5H3,(H,21,22)(H2,18,19,20)/p-3/b16-10+,17-12-. The van der Waals surface area contributed by atoms with Crippen LogP contribution >= 0.6 is 15.6 Å². The molecule has 0 radical (unpaired) electrons. The van der Waals surface area contributed by atoms with E-state index in [0.29, 0.717) is 0 Å². The molecule has 0 aromatic carbocycles. The quantitative estimate of drug-likeness (QED) is 0.359. The van der Waals surface area contributed by atoms with Crippen LogP contribution in [0, 0.1) is 5.92 Å². The first-order valence-corrected chi connectivity index (χ1v) is 11.4. The van der Waals surface area contributed by atoms with Crippen molar-refractivity contribution >= 4 is 15.6 Å². The Balaban J connectivity index is 4.56. The fourth-order valence-corrected chi connectivity index (χ4v) is 3.61. The molecular weight excluding hydrogens is 378 g/mol. The summed E-state index contributed by atoms with van der Waals surface area (Å²) < 4.78 is 29.4. The van der Waals surface area contributed by atoms with E-state index in [1.54, 1.807) is 6.08 Å². The average Bonchev–Trinajstić information content (AvgIpc) is 2.42. The summed E-state index contributed by atoms with van der Waals surface area (Å²) in [7, 11) is -10.8. The lowest BCUT2D eigenvalue weighted by molar-refractivity contribution is -0.339. The molecular formula is C17H29O7P2-3. The van der Waals surface area contributed by atoms with Crippen molar-refractivity contribution < 1.29 is 32.6 Å². The maximum absolute atomic E-state index is 11.2. The highest BCUT2D eigenvalue weighted by atomic mass is 31.3. The number of phosphoric acid groups is 2. The molecule has 0 aromatic rings. The second kappa shape index (κ2) is 12.0. The molecule has 9 heteroatoms. The summed E-state index contributed by atoms with van der Waals surface area (Å²) in [4.78, 5) is 31.9. The third-order valence-corrected chi connectivity index (χ3v) is 5.60. The first-order chi connectivity index (χ1) is 11.8. The van der Waals surface area contributed by atoms with Gasteiger partial charge in [-0.25, -0.2) is 0 Å². The van der Waals surface area contributed by atoms with Crippen molar-refractivity contribution in [2.24, 2.45) is 5.92 Å². The van der Waals surface area contributed by atoms with Crippen LogP contribution in [-0.4, -0.2) is 6.61 Å². The molecule has 0 aliphatic heterocycles. The van der Waals surface area contributed by atoms with Gasteiger partial charge < -0.3 is 23.8 Å². The zero-order valence-corrected chi connectivity index (χ0v) is 17.9. The summed E-state index contributed by atoms with van der Waals surface area (Å²) in [6.07, 6.45) is 9.47. The first kappa shape index (κ1) is 25.5. The van der Waals surface area contributed by atoms with E-state index in [1.165, 1.54) is 11.1 Å². The van der Waals surface area contributed by atoms with Crippen LogP contribution in [0.5, 0.6) is 0 Å². The molecule has 0 N–H and O–H groups in total. The highest BCUT2D eigenvalue weighted by molar-refractivity contribution is 7.58. The van der Waals surface area contributed by atoms with Crippen LogP contribution in [-0.2, 0) is 18.0 Å². The van der Waals surface area contributed by atoms with Crippen molar-refractivity contribution in [1.82, 2.24) is 0 Å². The highest BCUT2D eigenvalue weighted by Gasteiger charge is 2.11. The Morgan fingerprint density at radius 1 is 0.962 bits per heavy atom. The number of phosphoric ester groups is 1. The number of hydrogen-bond acceptors (Lipinski definition) is 7. The normalized spacial score (nSPS) is 15.9. The Hall–Kier alpha value is -0.520. The van der Waals surface area contributed by atoms with Crippen molar-refractivity contribution in [2.45, 2.75) is 60.3 Å². The number of hydrogen-bond donors (Lipinski definition) is 0. The molecule has 152 valence electrons. The van der Waals surface area contributed by atoms with Crippen molar-refractivity contribution in [3.63, 3.8) is 0 Å². The van der Waals surface area contributed by atoms with Crippen molar-refractivity contribution in [2.75, 3.05) is 6.61 Å². The van der Waals surface area contributed by atoms with E-state index in [0.717, 1.165) is 31.3 Å². The summed E-state index contributed by atoms with van der Waals surface area (Å²) in [6, 6.07) is 0. The van der Waals surface area contributed by atoms with Gasteiger partial charge in [0.1, 0.15) is 0 Å². The van der Waals surface area contributed by atoms with Crippen LogP contribution in [0.4, 0.5) is 0 Å². The Morgan fingerprint density at radius 3 is 2.04 bits per heavy atom. The lowest BCUT2D eigenvalue weighted by Gasteiger charge is -2.34. The van der Waals surface area contributed by atoms with Crippen molar-refractivity contribution in [1.29, 1.82) is 0 Å². The third kappa shape index (κ3) is 14.6. The van der Waals surface area contributed by atoms with Crippen LogP contribution in [0.3, 0.4) is 0 Å². The van der Waals surface area contributed by atoms with E-state index in [1.807, 2.05) is 13.8 Å². The molecule has 0 saturated heterocycles. The molecule has 0 aliphatic rings. The van der Waals surface area contributed by atoms with Crippen LogP contribution in [0.2, 0.25) is 0 Å². The molecule has 7 nitrogen and oxygen atoms in total. The fourth-order valence-electron chi connectivity index (χ4n) is 2.18. The molecule has 0 aromatic heterocycles. The minimum Gasteiger partial charge on any atom is -0.790 e. The highest BCUT2D eigenvalue weighted by Crippen LogP contribution is 2.50. The largest absolute Gasteiger partial charge is 0.790 e. The predicted octanol–water partition coefficient (Wildman–Crippen LogP) is 3.37. The summed E-state index contributed by atoms with van der Waals surface area (Å²) in [6.45, 7) is 9.77. The molecule has 1 atom stereocenters. The van der Waals surface area contributed by atoms with Crippen LogP contribution in [0.15, 0.2) is 34.9 Å². The molecule has 0 bridgehead atoms. The minimum absolute atomic E-state index is 0.176. The van der Waals surface area contributed by atoms with Gasteiger partial charge in [0.25, 0.3) is 7.82 Å². The maximum Gasteiger partial charge on any atom is 0.272 e. The van der Waals surface area contributed by atoms with Gasteiger partial charge in [0.05, 0.1) is 14.4 Å². The first-order valence-electron chi connectivity index (χ1n) is 8.49. The van der Waals surface area contributed by atoms with Gasteiger partial charge in [0.15, 0.2) is 0 Å². The Morgan fingerprint density at radius 2 is 1.54 bits per heavy atom. The van der Waals surface area contributed by atoms with Crippen LogP contribution in [0.25, 0.3) is 0 Å². The second-order valence-electron chi connectivity index (χ2n) is 6.61. The molecule has 26 heavy (non-hydrogen) atoms. The van der Waals surface area contributed by atoms with Gasteiger partial charge >= 0.3 is 0 Å². The second-order valence-corrected chi connectivity index (χ2v) is 9.32. The zero-order chi connectivity index (χ0) is 20.4. The summed E-state index contributed by atoms with van der Waals surface area (Å²) >= 11 is 0. The third-order valence-electron chi connectivity index (χ3n) is 3.54. The van der Waals surface area contributed by atoms with Crippen LogP contribution < -0.4 is 14.7 Å². The van der Waals surface area contributed by atoms with E-state index < -0.39 is 15.6 Å². The van der Waals surface area contributed by atoms with Gasteiger partial charge in [-0.05, 0) is 52.4 Å². The van der Waals surface area contributed by atoms with Crippen molar-refractivity contribution in [3.05, 3.63) is 34.9 Å². The molecule has 0 saturated carbocycles. The molecule has 0 amide bonds. The Bertz CT molecular complexity index is 611. The molecule has 0 aliphatic carbocycles. The van der Waals surface area contributed by atoms with E-state index in [-0.39, 0.29) is 12.5 Å². The Labute approximate surface area is 156 Å². The lowest BCUT2D eigenvalue weighted by Crippen LogP contribution is -2.19. The van der Waals surface area contributed by atoms with Gasteiger partial charge in [-0.3, -0.25) is 8.88 Å². The minimum atomic E-state index is -5.65. The molecule has 0 spiro atoms. The molecule has 0 rings (SSSR count). The SMILES string of the molecule is CC(C)=CCC/C(C)=C/CC/C(=C/COP(=O)([O-])OP(=O)([O-])[O-])C(C)C. The van der Waals surface area contributed by atoms with Gasteiger partial charge in [-0.1, -0.05) is 48.8 Å². The number of allylic oxidation sites excluding steroid dienone is 5. The van der Waals surface area contributed by atoms with Gasteiger partial charge in [-0.2, -0.15) is 0 Å². The fraction of sp³-hybridized carbons (Fsp3) is 0.647. The van der Waals surface area contributed by atoms with E-state index >= 15 is 0 Å². The van der Waals surface area contributed by atoms with Crippen LogP contribution in [0.1, 0.15) is 60.3 Å². The van der Waals surface area contributed by atoms with Gasteiger partial charge in [-0.15, -0.1) is 0 Å². The zero-order valence-electron chi connectivity index (χ0n) is 16.1. The lowest BCUT2D eigenvalue weighted by atomic mass is 9.97. The number of rotatable bonds is 12. The topological polar surface area (TPSA) is 122 Å². The van der Waals surface area contributed by atoms with Crippen molar-refractivity contribution in [3.8, 4) is 0 Å². The summed E-state index contributed by atoms with van der Waals surface area (Å²) in [5.41, 5.74) is 3.57. The monoisotopic (exact) mass is 407 g/mol. The molecule has 0 fully saturated rings. The van der Waals surface area contributed by atoms with Gasteiger partial charge in [0.2, 0.25) is 0 Å². The van der Waals surface area contributed by atoms with E-state index in [4.69, 9.17) is 0 Å². The molecule has 1 unspecified atom stereocenters. The smallest absolute Gasteiger partial charge is 0.272 e. The Kier molecular flexibility index (Phi) is 11.8. The predicted molar refractivity (Wildman–Crippen MR) is 96.8 cm³/mol. The van der Waals surface area contributed by atoms with E-state index in [2.05, 4.69) is 41.8 Å².